The summed E-state index contributed by atoms with van der Waals surface area (Å²) >= 11 is 0. The predicted octanol–water partition coefficient (Wildman–Crippen LogP) is 6.26. The second kappa shape index (κ2) is 8.99. The molecule has 6 nitrogen and oxygen atoms in total. The zero-order valence-electron chi connectivity index (χ0n) is 19.4. The fourth-order valence-electron chi connectivity index (χ4n) is 4.52. The Hall–Kier alpha value is -4.58. The van der Waals surface area contributed by atoms with Crippen LogP contribution in [0.15, 0.2) is 91.0 Å². The highest BCUT2D eigenvalue weighted by Crippen LogP contribution is 2.35. The van der Waals surface area contributed by atoms with Gasteiger partial charge in [-0.3, -0.25) is 4.79 Å². The first-order valence-corrected chi connectivity index (χ1v) is 11.4. The summed E-state index contributed by atoms with van der Waals surface area (Å²) in [6, 6.07) is 28.4. The van der Waals surface area contributed by atoms with Crippen LogP contribution >= 0.6 is 0 Å². The first kappa shape index (κ1) is 22.2. The van der Waals surface area contributed by atoms with Gasteiger partial charge in [-0.2, -0.15) is 0 Å². The van der Waals surface area contributed by atoms with Crippen molar-refractivity contribution in [1.82, 2.24) is 9.88 Å². The number of hydrogen-bond donors (Lipinski definition) is 3. The van der Waals surface area contributed by atoms with E-state index in [0.717, 1.165) is 38.6 Å². The minimum atomic E-state index is -0.979. The molecule has 0 aliphatic carbocycles. The second-order valence-electron chi connectivity index (χ2n) is 8.57. The highest BCUT2D eigenvalue weighted by molar-refractivity contribution is 6.11. The predicted molar refractivity (Wildman–Crippen MR) is 139 cm³/mol. The van der Waals surface area contributed by atoms with Crippen LogP contribution < -0.4 is 10.6 Å². The SMILES string of the molecule is C[C@H](NC(=O)c1c(Nc2cccc3ccccc23)c2ccccc2n1C)c1ccc(C(=O)O)cc1. The van der Waals surface area contributed by atoms with E-state index in [1.54, 1.807) is 24.3 Å². The average Bonchev–Trinajstić information content (AvgIpc) is 3.15. The van der Waals surface area contributed by atoms with Gasteiger partial charge in [-0.25, -0.2) is 4.79 Å². The van der Waals surface area contributed by atoms with Crippen molar-refractivity contribution in [2.24, 2.45) is 7.05 Å². The van der Waals surface area contributed by atoms with Crippen molar-refractivity contribution in [2.45, 2.75) is 13.0 Å². The largest absolute Gasteiger partial charge is 0.478 e. The molecule has 4 aromatic carbocycles. The zero-order chi connectivity index (χ0) is 24.5. The lowest BCUT2D eigenvalue weighted by atomic mass is 10.1. The molecular weight excluding hydrogens is 438 g/mol. The highest BCUT2D eigenvalue weighted by Gasteiger charge is 2.23. The summed E-state index contributed by atoms with van der Waals surface area (Å²) in [5.74, 6) is -1.20. The van der Waals surface area contributed by atoms with E-state index < -0.39 is 5.97 Å². The number of aryl methyl sites for hydroxylation is 1. The minimum Gasteiger partial charge on any atom is -0.478 e. The van der Waals surface area contributed by atoms with E-state index >= 15 is 0 Å². The van der Waals surface area contributed by atoms with Crippen molar-refractivity contribution in [3.05, 3.63) is 108 Å². The fraction of sp³-hybridized carbons (Fsp3) is 0.103. The molecular formula is C29H25N3O3. The summed E-state index contributed by atoms with van der Waals surface area (Å²) in [7, 11) is 1.89. The molecule has 1 aromatic heterocycles. The normalized spacial score (nSPS) is 11.9. The van der Waals surface area contributed by atoms with Gasteiger partial charge in [-0.05, 0) is 42.1 Å². The molecule has 3 N–H and O–H groups in total. The molecule has 0 unspecified atom stereocenters. The average molecular weight is 464 g/mol. The number of fused-ring (bicyclic) bond motifs is 2. The number of para-hydroxylation sites is 1. The van der Waals surface area contributed by atoms with Gasteiger partial charge in [0.2, 0.25) is 0 Å². The van der Waals surface area contributed by atoms with Crippen molar-refractivity contribution in [1.29, 1.82) is 0 Å². The minimum absolute atomic E-state index is 0.211. The van der Waals surface area contributed by atoms with Crippen LogP contribution in [-0.2, 0) is 7.05 Å². The first-order chi connectivity index (χ1) is 16.9. The number of aromatic nitrogens is 1. The van der Waals surface area contributed by atoms with Gasteiger partial charge in [-0.15, -0.1) is 0 Å². The van der Waals surface area contributed by atoms with Gasteiger partial charge in [-0.1, -0.05) is 66.7 Å². The first-order valence-electron chi connectivity index (χ1n) is 11.4. The van der Waals surface area contributed by atoms with Crippen LogP contribution in [0.4, 0.5) is 11.4 Å². The van der Waals surface area contributed by atoms with E-state index in [4.69, 9.17) is 5.11 Å². The standard InChI is InChI=1S/C29H25N3O3/c1-18(19-14-16-21(17-15-19)29(34)35)30-28(33)27-26(23-11-5-6-13-25(23)32(27)2)31-24-12-7-9-20-8-3-4-10-22(20)24/h3-18,31H,1-2H3,(H,30,33)(H,34,35)/t18-/m0/s1. The summed E-state index contributed by atoms with van der Waals surface area (Å²) in [5.41, 5.74) is 4.16. The van der Waals surface area contributed by atoms with Gasteiger partial charge >= 0.3 is 5.97 Å². The quantitative estimate of drug-likeness (QED) is 0.277. The Bertz CT molecular complexity index is 1560. The third kappa shape index (κ3) is 4.10. The van der Waals surface area contributed by atoms with Crippen LogP contribution in [0.5, 0.6) is 0 Å². The molecule has 0 aliphatic rings. The number of carboxylic acids is 1. The molecule has 0 saturated carbocycles. The van der Waals surface area contributed by atoms with Gasteiger partial charge in [0.05, 0.1) is 22.8 Å². The molecule has 0 radical (unpaired) electrons. The molecule has 0 aliphatic heterocycles. The molecule has 6 heteroatoms. The maximum absolute atomic E-state index is 13.6. The van der Waals surface area contributed by atoms with E-state index in [1.807, 2.05) is 67.1 Å². The van der Waals surface area contributed by atoms with E-state index in [9.17, 15) is 9.59 Å². The Kier molecular flexibility index (Phi) is 5.71. The molecule has 174 valence electrons. The third-order valence-corrected chi connectivity index (χ3v) is 6.38. The van der Waals surface area contributed by atoms with Crippen LogP contribution in [0.1, 0.15) is 39.4 Å². The lowest BCUT2D eigenvalue weighted by molar-refractivity contribution is 0.0696. The van der Waals surface area contributed by atoms with Crippen molar-refractivity contribution in [2.75, 3.05) is 5.32 Å². The number of hydrogen-bond acceptors (Lipinski definition) is 3. The molecule has 0 spiro atoms. The number of carbonyl (C=O) groups is 2. The van der Waals surface area contributed by atoms with E-state index in [-0.39, 0.29) is 17.5 Å². The number of nitrogens with zero attached hydrogens (tertiary/aromatic N) is 1. The maximum Gasteiger partial charge on any atom is 0.335 e. The molecule has 1 atom stereocenters. The number of carboxylic acid groups (broad SMARTS) is 1. The van der Waals surface area contributed by atoms with Gasteiger partial charge < -0.3 is 20.3 Å². The Morgan fingerprint density at radius 1 is 0.829 bits per heavy atom. The molecule has 5 rings (SSSR count). The third-order valence-electron chi connectivity index (χ3n) is 6.38. The molecule has 1 amide bonds. The fourth-order valence-corrected chi connectivity index (χ4v) is 4.52. The molecule has 0 fully saturated rings. The number of rotatable bonds is 6. The van der Waals surface area contributed by atoms with Crippen LogP contribution in [0.25, 0.3) is 21.7 Å². The molecule has 0 saturated heterocycles. The van der Waals surface area contributed by atoms with E-state index in [0.29, 0.717) is 5.69 Å². The van der Waals surface area contributed by atoms with Gasteiger partial charge in [0.1, 0.15) is 5.69 Å². The number of amides is 1. The van der Waals surface area contributed by atoms with Gasteiger partial charge in [0.15, 0.2) is 0 Å². The number of carbonyl (C=O) groups excluding carboxylic acids is 1. The lowest BCUT2D eigenvalue weighted by Crippen LogP contribution is -2.29. The van der Waals surface area contributed by atoms with Crippen LogP contribution in [0.2, 0.25) is 0 Å². The maximum atomic E-state index is 13.6. The monoisotopic (exact) mass is 463 g/mol. The summed E-state index contributed by atoms with van der Waals surface area (Å²) in [6.45, 7) is 1.88. The molecule has 1 heterocycles. The lowest BCUT2D eigenvalue weighted by Gasteiger charge is -2.17. The molecule has 35 heavy (non-hydrogen) atoms. The summed E-state index contributed by atoms with van der Waals surface area (Å²) < 4.78 is 1.90. The number of benzene rings is 4. The Morgan fingerprint density at radius 2 is 1.49 bits per heavy atom. The van der Waals surface area contributed by atoms with Crippen molar-refractivity contribution in [3.63, 3.8) is 0 Å². The smallest absolute Gasteiger partial charge is 0.335 e. The summed E-state index contributed by atoms with van der Waals surface area (Å²) in [5, 5.41) is 18.9. The Balaban J connectivity index is 1.53. The summed E-state index contributed by atoms with van der Waals surface area (Å²) in [4.78, 5) is 24.8. The number of nitrogens with one attached hydrogen (secondary N) is 2. The van der Waals surface area contributed by atoms with E-state index in [2.05, 4.69) is 28.8 Å². The Morgan fingerprint density at radius 3 is 2.23 bits per heavy atom. The number of aromatic carboxylic acids is 1. The topological polar surface area (TPSA) is 83.4 Å². The number of anilines is 2. The zero-order valence-corrected chi connectivity index (χ0v) is 19.4. The van der Waals surface area contributed by atoms with E-state index in [1.165, 1.54) is 0 Å². The molecule has 0 bridgehead atoms. The molecule has 5 aromatic rings. The van der Waals surface area contributed by atoms with Crippen LogP contribution in [0, 0.1) is 0 Å². The van der Waals surface area contributed by atoms with Crippen LogP contribution in [-0.4, -0.2) is 21.6 Å². The van der Waals surface area contributed by atoms with Crippen molar-refractivity contribution in [3.8, 4) is 0 Å². The van der Waals surface area contributed by atoms with Crippen molar-refractivity contribution >= 4 is 44.9 Å². The Labute approximate surface area is 202 Å². The second-order valence-corrected chi connectivity index (χ2v) is 8.57. The summed E-state index contributed by atoms with van der Waals surface area (Å²) in [6.07, 6.45) is 0. The van der Waals surface area contributed by atoms with Crippen LogP contribution in [0.3, 0.4) is 0 Å². The highest BCUT2D eigenvalue weighted by atomic mass is 16.4. The van der Waals surface area contributed by atoms with Gasteiger partial charge in [0.25, 0.3) is 5.91 Å². The van der Waals surface area contributed by atoms with Gasteiger partial charge in [0, 0.05) is 23.5 Å². The van der Waals surface area contributed by atoms with Crippen molar-refractivity contribution < 1.29 is 14.7 Å².